The van der Waals surface area contributed by atoms with E-state index in [1.54, 1.807) is 5.32 Å². The van der Waals surface area contributed by atoms with Crippen LogP contribution in [0, 0.1) is 5.82 Å². The Hall–Kier alpha value is -3.00. The quantitative estimate of drug-likeness (QED) is 0.268. The Morgan fingerprint density at radius 2 is 1.47 bits per heavy atom. The molecule has 208 valence electrons. The zero-order valence-corrected chi connectivity index (χ0v) is 19.9. The number of carbonyl (C=O) groups excluding carboxylic acids is 2. The Balaban J connectivity index is 2.33. The first-order valence-corrected chi connectivity index (χ1v) is 10.8. The van der Waals surface area contributed by atoms with E-state index in [1.807, 2.05) is 0 Å². The fourth-order valence-electron chi connectivity index (χ4n) is 2.99. The van der Waals surface area contributed by atoms with Crippen LogP contribution in [0.5, 0.6) is 0 Å². The fourth-order valence-corrected chi connectivity index (χ4v) is 3.49. The van der Waals surface area contributed by atoms with Crippen LogP contribution >= 0.6 is 23.2 Å². The first kappa shape index (κ1) is 31.2. The number of allylic oxidation sites excluding steroid dienone is 1. The fraction of sp³-hybridized carbons (Fsp3) is 0.273. The molecular weight excluding hydrogens is 585 g/mol. The summed E-state index contributed by atoms with van der Waals surface area (Å²) in [4.78, 5) is 23.5. The summed E-state index contributed by atoms with van der Waals surface area (Å²) >= 11 is 11.1. The van der Waals surface area contributed by atoms with E-state index < -0.39 is 87.5 Å². The normalized spacial score (nSPS) is 13.5. The maximum Gasteiger partial charge on any atom is 0.417 e. The average Bonchev–Trinajstić information content (AvgIpc) is 2.77. The molecule has 1 unspecified atom stereocenters. The van der Waals surface area contributed by atoms with Crippen LogP contribution in [0.1, 0.15) is 33.0 Å². The van der Waals surface area contributed by atoms with Gasteiger partial charge in [0.2, 0.25) is 5.91 Å². The summed E-state index contributed by atoms with van der Waals surface area (Å²) in [5, 5.41) is 1.72. The molecule has 0 aliphatic rings. The summed E-state index contributed by atoms with van der Waals surface area (Å²) in [5.74, 6) is -6.42. The van der Waals surface area contributed by atoms with Gasteiger partial charge in [0.25, 0.3) is 5.91 Å². The van der Waals surface area contributed by atoms with Gasteiger partial charge in [0, 0.05) is 0 Å². The molecule has 0 bridgehead atoms. The Morgan fingerprint density at radius 3 is 1.97 bits per heavy atom. The lowest BCUT2D eigenvalue weighted by Gasteiger charge is -2.18. The lowest BCUT2D eigenvalue weighted by atomic mass is 9.96. The third kappa shape index (κ3) is 8.79. The molecule has 2 amide bonds. The van der Waals surface area contributed by atoms with E-state index in [0.29, 0.717) is 36.4 Å². The Bertz CT molecular complexity index is 1200. The van der Waals surface area contributed by atoms with E-state index in [9.17, 15) is 53.5 Å². The maximum atomic E-state index is 13.6. The van der Waals surface area contributed by atoms with Gasteiger partial charge in [-0.3, -0.25) is 9.59 Å². The maximum absolute atomic E-state index is 13.6. The second-order valence-electron chi connectivity index (χ2n) is 7.55. The van der Waals surface area contributed by atoms with Gasteiger partial charge in [-0.1, -0.05) is 41.4 Å². The zero-order valence-electron chi connectivity index (χ0n) is 18.4. The van der Waals surface area contributed by atoms with Crippen molar-refractivity contribution in [1.29, 1.82) is 0 Å². The molecule has 38 heavy (non-hydrogen) atoms. The monoisotopic (exact) mass is 598 g/mol. The predicted molar refractivity (Wildman–Crippen MR) is 117 cm³/mol. The van der Waals surface area contributed by atoms with Gasteiger partial charge in [0.05, 0.1) is 33.6 Å². The van der Waals surface area contributed by atoms with Crippen molar-refractivity contribution in [2.75, 3.05) is 13.1 Å². The highest BCUT2D eigenvalue weighted by atomic mass is 35.5. The molecule has 0 saturated heterocycles. The van der Waals surface area contributed by atoms with Crippen LogP contribution in [0.3, 0.4) is 0 Å². The minimum atomic E-state index is -5.18. The first-order chi connectivity index (χ1) is 17.3. The summed E-state index contributed by atoms with van der Waals surface area (Å²) < 4.78 is 131. The third-order valence-electron chi connectivity index (χ3n) is 4.69. The topological polar surface area (TPSA) is 58.2 Å². The SMILES string of the molecule is O=C(CNC(=O)c1ccc(/C=C/C(c2cc(Cl)c(F)c(Cl)c2)C(F)(F)F)cc1C(F)(F)F)NCC(F)(F)F. The molecule has 0 aromatic heterocycles. The summed E-state index contributed by atoms with van der Waals surface area (Å²) in [6.07, 6.45) is -13.8. The molecule has 2 aromatic carbocycles. The molecule has 0 saturated carbocycles. The number of nitrogens with one attached hydrogen (secondary N) is 2. The van der Waals surface area contributed by atoms with Gasteiger partial charge < -0.3 is 10.6 Å². The molecule has 2 rings (SSSR count). The summed E-state index contributed by atoms with van der Waals surface area (Å²) in [7, 11) is 0. The molecule has 0 aliphatic carbocycles. The van der Waals surface area contributed by atoms with Gasteiger partial charge in [-0.15, -0.1) is 0 Å². The number of benzene rings is 2. The number of amides is 2. The number of alkyl halides is 9. The van der Waals surface area contributed by atoms with E-state index in [2.05, 4.69) is 0 Å². The predicted octanol–water partition coefficient (Wildman–Crippen LogP) is 6.92. The molecule has 4 nitrogen and oxygen atoms in total. The minimum absolute atomic E-state index is 0.354. The minimum Gasteiger partial charge on any atom is -0.345 e. The van der Waals surface area contributed by atoms with Crippen molar-refractivity contribution in [2.45, 2.75) is 24.4 Å². The van der Waals surface area contributed by atoms with Gasteiger partial charge in [-0.2, -0.15) is 39.5 Å². The highest BCUT2D eigenvalue weighted by Gasteiger charge is 2.40. The van der Waals surface area contributed by atoms with Crippen molar-refractivity contribution in [3.05, 3.63) is 74.5 Å². The molecule has 2 aromatic rings. The van der Waals surface area contributed by atoms with Crippen molar-refractivity contribution in [1.82, 2.24) is 10.6 Å². The molecule has 0 radical (unpaired) electrons. The third-order valence-corrected chi connectivity index (χ3v) is 5.24. The summed E-state index contributed by atoms with van der Waals surface area (Å²) in [5.41, 5.74) is -3.65. The number of rotatable bonds is 7. The molecule has 0 spiro atoms. The Labute approximate surface area is 217 Å². The number of hydrogen-bond acceptors (Lipinski definition) is 2. The van der Waals surface area contributed by atoms with E-state index in [0.717, 1.165) is 6.07 Å². The van der Waals surface area contributed by atoms with E-state index in [-0.39, 0.29) is 0 Å². The van der Waals surface area contributed by atoms with Gasteiger partial charge in [0.1, 0.15) is 6.54 Å². The lowest BCUT2D eigenvalue weighted by Crippen LogP contribution is -2.41. The standard InChI is InChI=1S/C22H14Cl2F10N2O2/c23-15-6-11(7-16(24)18(15)25)13(21(29,30)31)4-2-10-1-3-12(14(5-10)22(32,33)34)19(38)35-8-17(37)36-9-20(26,27)28/h1-7,13H,8-9H2,(H,35,38)(H,36,37)/b4-2+. The van der Waals surface area contributed by atoms with Crippen molar-refractivity contribution < 1.29 is 53.5 Å². The number of halogens is 12. The van der Waals surface area contributed by atoms with Crippen LogP contribution in [0.15, 0.2) is 36.4 Å². The van der Waals surface area contributed by atoms with E-state index >= 15 is 0 Å². The van der Waals surface area contributed by atoms with Crippen molar-refractivity contribution in [2.24, 2.45) is 0 Å². The highest BCUT2D eigenvalue weighted by molar-refractivity contribution is 6.35. The molecule has 1 atom stereocenters. The van der Waals surface area contributed by atoms with Gasteiger partial charge in [0.15, 0.2) is 5.82 Å². The van der Waals surface area contributed by atoms with Crippen molar-refractivity contribution >= 4 is 41.1 Å². The highest BCUT2D eigenvalue weighted by Crippen LogP contribution is 2.40. The van der Waals surface area contributed by atoms with Crippen LogP contribution in [0.4, 0.5) is 43.9 Å². The largest absolute Gasteiger partial charge is 0.417 e. The molecule has 0 aliphatic heterocycles. The van der Waals surface area contributed by atoms with Crippen LogP contribution < -0.4 is 10.6 Å². The second kappa shape index (κ2) is 11.8. The Morgan fingerprint density at radius 1 is 0.895 bits per heavy atom. The van der Waals surface area contributed by atoms with Crippen LogP contribution in [-0.4, -0.2) is 37.3 Å². The summed E-state index contributed by atoms with van der Waals surface area (Å²) in [6.45, 7) is -2.81. The average molecular weight is 599 g/mol. The molecule has 0 heterocycles. The van der Waals surface area contributed by atoms with Gasteiger partial charge in [-0.05, 0) is 35.4 Å². The van der Waals surface area contributed by atoms with E-state index in [1.165, 1.54) is 5.32 Å². The molecular formula is C22H14Cl2F10N2O2. The number of carbonyl (C=O) groups is 2. The van der Waals surface area contributed by atoms with Crippen LogP contribution in [0.2, 0.25) is 10.0 Å². The van der Waals surface area contributed by atoms with E-state index in [4.69, 9.17) is 23.2 Å². The Kier molecular flexibility index (Phi) is 9.70. The zero-order chi connectivity index (χ0) is 29.1. The van der Waals surface area contributed by atoms with Crippen molar-refractivity contribution in [3.63, 3.8) is 0 Å². The molecule has 2 N–H and O–H groups in total. The van der Waals surface area contributed by atoms with Gasteiger partial charge >= 0.3 is 18.5 Å². The smallest absolute Gasteiger partial charge is 0.345 e. The first-order valence-electron chi connectivity index (χ1n) is 10.0. The number of hydrogen-bond donors (Lipinski definition) is 2. The van der Waals surface area contributed by atoms with Crippen LogP contribution in [-0.2, 0) is 11.0 Å². The molecule has 16 heteroatoms. The second-order valence-corrected chi connectivity index (χ2v) is 8.37. The van der Waals surface area contributed by atoms with Crippen LogP contribution in [0.25, 0.3) is 6.08 Å². The molecule has 0 fully saturated rings. The summed E-state index contributed by atoms with van der Waals surface area (Å²) in [6, 6.07) is 3.14. The van der Waals surface area contributed by atoms with Gasteiger partial charge in [-0.25, -0.2) is 4.39 Å². The lowest BCUT2D eigenvalue weighted by molar-refractivity contribution is -0.139. The van der Waals surface area contributed by atoms with Crippen molar-refractivity contribution in [3.8, 4) is 0 Å².